The first kappa shape index (κ1) is 21.3. The van der Waals surface area contributed by atoms with E-state index in [1.165, 1.54) is 25.0 Å². The van der Waals surface area contributed by atoms with Gasteiger partial charge in [0.25, 0.3) is 0 Å². The average Bonchev–Trinajstić information content (AvgIpc) is 3.53. The van der Waals surface area contributed by atoms with Crippen LogP contribution in [0.25, 0.3) is 0 Å². The molecule has 8 heteroatoms. The number of sulfone groups is 1. The van der Waals surface area contributed by atoms with E-state index < -0.39 is 9.84 Å². The molecule has 162 valence electrons. The molecule has 2 atom stereocenters. The van der Waals surface area contributed by atoms with Crippen molar-refractivity contribution in [3.05, 3.63) is 29.8 Å². The largest absolute Gasteiger partial charge is 0.355 e. The van der Waals surface area contributed by atoms with E-state index in [2.05, 4.69) is 15.1 Å². The zero-order chi connectivity index (χ0) is 21.1. The highest BCUT2D eigenvalue weighted by Gasteiger charge is 2.39. The number of benzene rings is 1. The van der Waals surface area contributed by atoms with Crippen molar-refractivity contribution in [2.45, 2.75) is 49.1 Å². The maximum absolute atomic E-state index is 12.6. The van der Waals surface area contributed by atoms with E-state index >= 15 is 0 Å². The van der Waals surface area contributed by atoms with Gasteiger partial charge in [-0.25, -0.2) is 8.42 Å². The SMILES string of the molecule is N#Cc1ccc(S(=O)(=O)CCCN2C3CCC2CN(CC(=O)NCC2CC2)C3)cc1. The van der Waals surface area contributed by atoms with Gasteiger partial charge in [0.1, 0.15) is 0 Å². The maximum Gasteiger partial charge on any atom is 0.234 e. The van der Waals surface area contributed by atoms with Crippen molar-refractivity contribution in [3.8, 4) is 6.07 Å². The number of carbonyl (C=O) groups excluding carboxylic acids is 1. The lowest BCUT2D eigenvalue weighted by Crippen LogP contribution is -2.55. The van der Waals surface area contributed by atoms with Gasteiger partial charge >= 0.3 is 0 Å². The predicted molar refractivity (Wildman–Crippen MR) is 114 cm³/mol. The number of likely N-dealkylation sites (tertiary alicyclic amines) is 1. The Morgan fingerprint density at radius 2 is 1.77 bits per heavy atom. The molecule has 0 spiro atoms. The highest BCUT2D eigenvalue weighted by Crippen LogP contribution is 2.30. The molecule has 1 aromatic rings. The number of piperazine rings is 1. The summed E-state index contributed by atoms with van der Waals surface area (Å²) in [4.78, 5) is 17.2. The van der Waals surface area contributed by atoms with Gasteiger partial charge in [-0.15, -0.1) is 0 Å². The van der Waals surface area contributed by atoms with Crippen molar-refractivity contribution in [2.75, 3.05) is 38.5 Å². The molecule has 3 aliphatic rings. The second kappa shape index (κ2) is 9.04. The number of hydrogen-bond acceptors (Lipinski definition) is 6. The van der Waals surface area contributed by atoms with Gasteiger partial charge in [-0.1, -0.05) is 0 Å². The van der Waals surface area contributed by atoms with Gasteiger partial charge in [-0.2, -0.15) is 5.26 Å². The molecule has 2 heterocycles. The molecule has 2 bridgehead atoms. The standard InChI is InChI=1S/C22H30N4O3S/c23-12-17-4-8-21(9-5-17)30(28,29)11-1-10-26-19-6-7-20(26)15-25(14-19)16-22(27)24-13-18-2-3-18/h4-5,8-9,18-20H,1-3,6-7,10-11,13-16H2,(H,24,27). The van der Waals surface area contributed by atoms with Crippen molar-refractivity contribution in [3.63, 3.8) is 0 Å². The molecule has 1 amide bonds. The van der Waals surface area contributed by atoms with E-state index in [0.717, 1.165) is 39.0 Å². The van der Waals surface area contributed by atoms with Crippen LogP contribution in [0.1, 0.15) is 37.7 Å². The number of hydrogen-bond donors (Lipinski definition) is 1. The molecular weight excluding hydrogens is 400 g/mol. The molecule has 3 fully saturated rings. The van der Waals surface area contributed by atoms with Crippen molar-refractivity contribution in [1.29, 1.82) is 5.26 Å². The summed E-state index contributed by atoms with van der Waals surface area (Å²) in [6, 6.07) is 8.97. The van der Waals surface area contributed by atoms with Crippen LogP contribution >= 0.6 is 0 Å². The van der Waals surface area contributed by atoms with Gasteiger partial charge < -0.3 is 5.32 Å². The molecular formula is C22H30N4O3S. The number of fused-ring (bicyclic) bond motifs is 2. The van der Waals surface area contributed by atoms with Crippen molar-refractivity contribution >= 4 is 15.7 Å². The van der Waals surface area contributed by atoms with Crippen LogP contribution in [-0.2, 0) is 14.6 Å². The van der Waals surface area contributed by atoms with Crippen LogP contribution < -0.4 is 5.32 Å². The average molecular weight is 431 g/mol. The lowest BCUT2D eigenvalue weighted by molar-refractivity contribution is -0.123. The summed E-state index contributed by atoms with van der Waals surface area (Å²) in [5, 5.41) is 11.9. The fourth-order valence-corrected chi connectivity index (χ4v) is 6.00. The molecule has 2 unspecified atom stereocenters. The van der Waals surface area contributed by atoms with Gasteiger partial charge in [0, 0.05) is 31.7 Å². The van der Waals surface area contributed by atoms with E-state index in [1.54, 1.807) is 12.1 Å². The molecule has 7 nitrogen and oxygen atoms in total. The number of rotatable bonds is 9. The Hall–Kier alpha value is -1.95. The van der Waals surface area contributed by atoms with E-state index in [4.69, 9.17) is 5.26 Å². The molecule has 2 aliphatic heterocycles. The highest BCUT2D eigenvalue weighted by molar-refractivity contribution is 7.91. The minimum atomic E-state index is -3.34. The fraction of sp³-hybridized carbons (Fsp3) is 0.636. The zero-order valence-electron chi connectivity index (χ0n) is 17.3. The molecule has 1 aliphatic carbocycles. The Labute approximate surface area is 179 Å². The van der Waals surface area contributed by atoms with E-state index in [1.807, 2.05) is 6.07 Å². The summed E-state index contributed by atoms with van der Waals surface area (Å²) in [7, 11) is -3.34. The summed E-state index contributed by atoms with van der Waals surface area (Å²) < 4.78 is 25.2. The van der Waals surface area contributed by atoms with Gasteiger partial charge in [-0.05, 0) is 68.8 Å². The first-order valence-corrected chi connectivity index (χ1v) is 12.6. The van der Waals surface area contributed by atoms with Crippen LogP contribution in [0.4, 0.5) is 0 Å². The molecule has 1 N–H and O–H groups in total. The third-order valence-electron chi connectivity index (χ3n) is 6.53. The number of nitriles is 1. The molecule has 30 heavy (non-hydrogen) atoms. The Kier molecular flexibility index (Phi) is 6.42. The number of carbonyl (C=O) groups is 1. The van der Waals surface area contributed by atoms with Crippen LogP contribution in [-0.4, -0.2) is 74.7 Å². The highest BCUT2D eigenvalue weighted by atomic mass is 32.2. The third kappa shape index (κ3) is 5.20. The van der Waals surface area contributed by atoms with Crippen molar-refractivity contribution < 1.29 is 13.2 Å². The molecule has 1 saturated carbocycles. The smallest absolute Gasteiger partial charge is 0.234 e. The van der Waals surface area contributed by atoms with Gasteiger partial charge in [0.15, 0.2) is 9.84 Å². The summed E-state index contributed by atoms with van der Waals surface area (Å²) in [5.74, 6) is 0.938. The molecule has 2 saturated heterocycles. The fourth-order valence-electron chi connectivity index (χ4n) is 4.70. The van der Waals surface area contributed by atoms with E-state index in [0.29, 0.717) is 36.5 Å². The molecule has 1 aromatic carbocycles. The van der Waals surface area contributed by atoms with Gasteiger partial charge in [0.05, 0.1) is 28.8 Å². The van der Waals surface area contributed by atoms with E-state index in [9.17, 15) is 13.2 Å². The van der Waals surface area contributed by atoms with Crippen LogP contribution in [0.5, 0.6) is 0 Å². The van der Waals surface area contributed by atoms with Gasteiger partial charge in [0.2, 0.25) is 5.91 Å². The van der Waals surface area contributed by atoms with Crippen LogP contribution in [0, 0.1) is 17.2 Å². The molecule has 4 rings (SSSR count). The second-order valence-electron chi connectivity index (χ2n) is 8.87. The molecule has 0 aromatic heterocycles. The van der Waals surface area contributed by atoms with Crippen LogP contribution in [0.3, 0.4) is 0 Å². The number of nitrogens with zero attached hydrogens (tertiary/aromatic N) is 3. The van der Waals surface area contributed by atoms with E-state index in [-0.39, 0.29) is 16.6 Å². The number of nitrogens with one attached hydrogen (secondary N) is 1. The third-order valence-corrected chi connectivity index (χ3v) is 8.35. The quantitative estimate of drug-likeness (QED) is 0.637. The minimum Gasteiger partial charge on any atom is -0.355 e. The minimum absolute atomic E-state index is 0.113. The monoisotopic (exact) mass is 430 g/mol. The van der Waals surface area contributed by atoms with Crippen molar-refractivity contribution in [2.24, 2.45) is 5.92 Å². The van der Waals surface area contributed by atoms with Gasteiger partial charge in [-0.3, -0.25) is 14.6 Å². The normalized spacial score (nSPS) is 24.5. The van der Waals surface area contributed by atoms with Crippen LogP contribution in [0.2, 0.25) is 0 Å². The first-order chi connectivity index (χ1) is 14.4. The summed E-state index contributed by atoms with van der Waals surface area (Å²) >= 11 is 0. The lowest BCUT2D eigenvalue weighted by Gasteiger charge is -2.40. The van der Waals surface area contributed by atoms with Crippen molar-refractivity contribution in [1.82, 2.24) is 15.1 Å². The first-order valence-electron chi connectivity index (χ1n) is 10.9. The Morgan fingerprint density at radius 1 is 1.10 bits per heavy atom. The number of amides is 1. The Balaban J connectivity index is 1.24. The Morgan fingerprint density at radius 3 is 2.37 bits per heavy atom. The summed E-state index contributed by atoms with van der Waals surface area (Å²) in [6.45, 7) is 3.83. The summed E-state index contributed by atoms with van der Waals surface area (Å²) in [5.41, 5.74) is 0.463. The lowest BCUT2D eigenvalue weighted by atomic mass is 10.1. The predicted octanol–water partition coefficient (Wildman–Crippen LogP) is 1.40. The van der Waals surface area contributed by atoms with Crippen LogP contribution in [0.15, 0.2) is 29.2 Å². The summed E-state index contributed by atoms with van der Waals surface area (Å²) in [6.07, 6.45) is 5.31. The second-order valence-corrected chi connectivity index (χ2v) is 11.0. The maximum atomic E-state index is 12.6. The Bertz CT molecular complexity index is 891. The molecule has 0 radical (unpaired) electrons. The zero-order valence-corrected chi connectivity index (χ0v) is 18.1. The topological polar surface area (TPSA) is 93.5 Å².